The van der Waals surface area contributed by atoms with Gasteiger partial charge in [-0.05, 0) is 12.0 Å². The van der Waals surface area contributed by atoms with Crippen molar-refractivity contribution in [2.24, 2.45) is 0 Å². The zero-order valence-corrected chi connectivity index (χ0v) is 12.3. The number of carbonyl (C=O) groups is 1. The number of nitrogens with zero attached hydrogens (tertiary/aromatic N) is 2. The topological polar surface area (TPSA) is 79.2 Å². The van der Waals surface area contributed by atoms with Gasteiger partial charge in [-0.1, -0.05) is 30.3 Å². The summed E-state index contributed by atoms with van der Waals surface area (Å²) in [5, 5.41) is 19.6. The highest BCUT2D eigenvalue weighted by Gasteiger charge is 2.27. The van der Waals surface area contributed by atoms with Crippen LogP contribution in [0.5, 0.6) is 0 Å². The number of benzene rings is 1. The van der Waals surface area contributed by atoms with Crippen LogP contribution in [-0.2, 0) is 17.9 Å². The van der Waals surface area contributed by atoms with Crippen LogP contribution in [0.25, 0.3) is 0 Å². The van der Waals surface area contributed by atoms with Crippen molar-refractivity contribution in [2.75, 3.05) is 6.54 Å². The lowest BCUT2D eigenvalue weighted by Crippen LogP contribution is -2.39. The van der Waals surface area contributed by atoms with E-state index in [2.05, 4.69) is 27.9 Å². The third-order valence-electron chi connectivity index (χ3n) is 3.77. The Bertz CT molecular complexity index is 626. The van der Waals surface area contributed by atoms with Gasteiger partial charge in [0.1, 0.15) is 0 Å². The quantitative estimate of drug-likeness (QED) is 0.740. The fourth-order valence-electron chi connectivity index (χ4n) is 2.58. The van der Waals surface area contributed by atoms with Crippen LogP contribution in [0.15, 0.2) is 42.7 Å². The van der Waals surface area contributed by atoms with Gasteiger partial charge in [-0.25, -0.2) is 0 Å². The Labute approximate surface area is 129 Å². The number of aliphatic hydroxyl groups is 1. The number of amides is 1. The number of nitrogens with one attached hydrogen (secondary N) is 2. The maximum Gasteiger partial charge on any atom is 0.237 e. The van der Waals surface area contributed by atoms with Crippen molar-refractivity contribution >= 4 is 5.91 Å². The summed E-state index contributed by atoms with van der Waals surface area (Å²) in [6.45, 7) is 1.64. The van der Waals surface area contributed by atoms with Crippen LogP contribution in [0.4, 0.5) is 0 Å². The SMILES string of the molecule is O=C(NCc1cnn(Cc2ccccc2)c1)[C@@H]1C[C@@H](O)CN1. The molecule has 0 radical (unpaired) electrons. The fourth-order valence-corrected chi connectivity index (χ4v) is 2.58. The first-order valence-corrected chi connectivity index (χ1v) is 7.45. The normalized spacial score (nSPS) is 21.0. The van der Waals surface area contributed by atoms with Crippen molar-refractivity contribution in [3.63, 3.8) is 0 Å². The molecule has 1 aromatic carbocycles. The smallest absolute Gasteiger partial charge is 0.237 e. The highest BCUT2D eigenvalue weighted by Crippen LogP contribution is 2.07. The van der Waals surface area contributed by atoms with Gasteiger partial charge in [0.2, 0.25) is 5.91 Å². The average Bonchev–Trinajstić information content (AvgIpc) is 3.15. The number of hydrogen-bond acceptors (Lipinski definition) is 4. The van der Waals surface area contributed by atoms with Crippen LogP contribution < -0.4 is 10.6 Å². The van der Waals surface area contributed by atoms with E-state index in [1.165, 1.54) is 5.56 Å². The van der Waals surface area contributed by atoms with Gasteiger partial charge < -0.3 is 15.7 Å². The second-order valence-electron chi connectivity index (χ2n) is 5.60. The first kappa shape index (κ1) is 14.7. The summed E-state index contributed by atoms with van der Waals surface area (Å²) >= 11 is 0. The summed E-state index contributed by atoms with van der Waals surface area (Å²) in [4.78, 5) is 12.0. The van der Waals surface area contributed by atoms with Gasteiger partial charge in [-0.3, -0.25) is 9.48 Å². The van der Waals surface area contributed by atoms with Crippen LogP contribution in [-0.4, -0.2) is 39.5 Å². The summed E-state index contributed by atoms with van der Waals surface area (Å²) in [5.74, 6) is -0.0765. The third kappa shape index (κ3) is 3.72. The predicted molar refractivity (Wildman–Crippen MR) is 82.0 cm³/mol. The van der Waals surface area contributed by atoms with Crippen molar-refractivity contribution in [2.45, 2.75) is 31.7 Å². The zero-order chi connectivity index (χ0) is 15.4. The molecule has 1 saturated heterocycles. The molecule has 3 N–H and O–H groups in total. The molecule has 2 atom stereocenters. The molecular formula is C16H20N4O2. The maximum absolute atomic E-state index is 12.0. The van der Waals surface area contributed by atoms with Crippen molar-refractivity contribution in [3.05, 3.63) is 53.9 Å². The summed E-state index contributed by atoms with van der Waals surface area (Å²) in [7, 11) is 0. The molecule has 0 aliphatic carbocycles. The summed E-state index contributed by atoms with van der Waals surface area (Å²) < 4.78 is 1.86. The number of aliphatic hydroxyl groups excluding tert-OH is 1. The number of aromatic nitrogens is 2. The average molecular weight is 300 g/mol. The first-order chi connectivity index (χ1) is 10.7. The van der Waals surface area contributed by atoms with Crippen molar-refractivity contribution < 1.29 is 9.90 Å². The lowest BCUT2D eigenvalue weighted by molar-refractivity contribution is -0.123. The number of rotatable bonds is 5. The van der Waals surface area contributed by atoms with E-state index in [-0.39, 0.29) is 11.9 Å². The van der Waals surface area contributed by atoms with Gasteiger partial charge in [0.05, 0.1) is 24.9 Å². The molecule has 1 aliphatic heterocycles. The lowest BCUT2D eigenvalue weighted by Gasteiger charge is -2.09. The minimum absolute atomic E-state index is 0.0765. The van der Waals surface area contributed by atoms with E-state index in [1.807, 2.05) is 29.1 Å². The molecule has 1 aliphatic rings. The fraction of sp³-hybridized carbons (Fsp3) is 0.375. The van der Waals surface area contributed by atoms with Gasteiger partial charge >= 0.3 is 0 Å². The molecule has 1 fully saturated rings. The molecule has 3 rings (SSSR count). The van der Waals surface area contributed by atoms with Crippen molar-refractivity contribution in [3.8, 4) is 0 Å². The second-order valence-corrected chi connectivity index (χ2v) is 5.60. The summed E-state index contributed by atoms with van der Waals surface area (Å²) in [6, 6.07) is 9.81. The first-order valence-electron chi connectivity index (χ1n) is 7.45. The van der Waals surface area contributed by atoms with Crippen molar-refractivity contribution in [1.82, 2.24) is 20.4 Å². The van der Waals surface area contributed by atoms with Crippen LogP contribution in [0, 0.1) is 0 Å². The largest absolute Gasteiger partial charge is 0.392 e. The number of carbonyl (C=O) groups excluding carboxylic acids is 1. The molecule has 0 spiro atoms. The molecule has 1 aromatic heterocycles. The third-order valence-corrected chi connectivity index (χ3v) is 3.77. The Kier molecular flexibility index (Phi) is 4.50. The monoisotopic (exact) mass is 300 g/mol. The summed E-state index contributed by atoms with van der Waals surface area (Å²) in [6.07, 6.45) is 3.74. The Morgan fingerprint density at radius 1 is 1.36 bits per heavy atom. The molecular weight excluding hydrogens is 280 g/mol. The Hall–Kier alpha value is -2.18. The van der Waals surface area contributed by atoms with Gasteiger partial charge in [0.15, 0.2) is 0 Å². The summed E-state index contributed by atoms with van der Waals surface area (Å²) in [5.41, 5.74) is 2.15. The van der Waals surface area contributed by atoms with Gasteiger partial charge in [0.25, 0.3) is 0 Å². The van der Waals surface area contributed by atoms with E-state index in [0.29, 0.717) is 26.1 Å². The van der Waals surface area contributed by atoms with Crippen LogP contribution in [0.3, 0.4) is 0 Å². The molecule has 2 aromatic rings. The molecule has 0 bridgehead atoms. The Morgan fingerprint density at radius 3 is 2.91 bits per heavy atom. The molecule has 0 saturated carbocycles. The standard InChI is InChI=1S/C16H20N4O2/c21-14-6-15(17-9-14)16(22)18-7-13-8-19-20(11-13)10-12-4-2-1-3-5-12/h1-5,8,11,14-15,17,21H,6-7,9-10H2,(H,18,22)/t14-,15+/m1/s1. The predicted octanol–water partition coefficient (Wildman–Crippen LogP) is 0.270. The molecule has 0 unspecified atom stereocenters. The maximum atomic E-state index is 12.0. The van der Waals surface area contributed by atoms with E-state index < -0.39 is 6.10 Å². The van der Waals surface area contributed by atoms with E-state index in [9.17, 15) is 9.90 Å². The van der Waals surface area contributed by atoms with E-state index in [1.54, 1.807) is 6.20 Å². The molecule has 6 nitrogen and oxygen atoms in total. The van der Waals surface area contributed by atoms with Crippen molar-refractivity contribution in [1.29, 1.82) is 0 Å². The molecule has 116 valence electrons. The van der Waals surface area contributed by atoms with E-state index >= 15 is 0 Å². The Morgan fingerprint density at radius 2 is 2.18 bits per heavy atom. The Balaban J connectivity index is 1.50. The molecule has 1 amide bonds. The number of hydrogen-bond donors (Lipinski definition) is 3. The molecule has 6 heteroatoms. The van der Waals surface area contributed by atoms with Crippen LogP contribution in [0.2, 0.25) is 0 Å². The zero-order valence-electron chi connectivity index (χ0n) is 12.3. The molecule has 2 heterocycles. The number of β-amino-alcohol motifs (C(OH)–C–C–N with tert-alkyl or cyclic N) is 1. The van der Waals surface area contributed by atoms with Crippen LogP contribution in [0.1, 0.15) is 17.5 Å². The van der Waals surface area contributed by atoms with Gasteiger partial charge in [-0.15, -0.1) is 0 Å². The van der Waals surface area contributed by atoms with Gasteiger partial charge in [0, 0.05) is 24.8 Å². The highest BCUT2D eigenvalue weighted by atomic mass is 16.3. The molecule has 22 heavy (non-hydrogen) atoms. The lowest BCUT2D eigenvalue weighted by atomic mass is 10.2. The van der Waals surface area contributed by atoms with Crippen LogP contribution >= 0.6 is 0 Å². The highest BCUT2D eigenvalue weighted by molar-refractivity contribution is 5.82. The van der Waals surface area contributed by atoms with E-state index in [4.69, 9.17) is 0 Å². The minimum atomic E-state index is -0.427. The second kappa shape index (κ2) is 6.72. The van der Waals surface area contributed by atoms with Gasteiger partial charge in [-0.2, -0.15) is 5.10 Å². The van der Waals surface area contributed by atoms with E-state index in [0.717, 1.165) is 5.56 Å². The minimum Gasteiger partial charge on any atom is -0.392 e.